The average molecular weight is 264 g/mol. The van der Waals surface area contributed by atoms with E-state index in [0.717, 1.165) is 49.0 Å². The van der Waals surface area contributed by atoms with E-state index in [1.54, 1.807) is 0 Å². The second-order valence-electron chi connectivity index (χ2n) is 6.07. The molecule has 5 heteroatoms. The van der Waals surface area contributed by atoms with Crippen LogP contribution in [0, 0.1) is 12.8 Å². The minimum atomic E-state index is 0.231. The number of fused-ring (bicyclic) bond motifs is 2. The molecule has 0 aliphatic carbocycles. The fraction of sp³-hybridized carbons (Fsp3) is 0.857. The molecule has 5 nitrogen and oxygen atoms in total. The number of piperidine rings is 1. The predicted molar refractivity (Wildman–Crippen MR) is 72.8 cm³/mol. The minimum Gasteiger partial charge on any atom is -0.396 e. The van der Waals surface area contributed by atoms with E-state index in [-0.39, 0.29) is 6.61 Å². The van der Waals surface area contributed by atoms with E-state index >= 15 is 0 Å². The summed E-state index contributed by atoms with van der Waals surface area (Å²) in [6.07, 6.45) is 7.07. The van der Waals surface area contributed by atoms with Crippen LogP contribution in [0.25, 0.3) is 0 Å². The van der Waals surface area contributed by atoms with Gasteiger partial charge in [-0.3, -0.25) is 0 Å². The second-order valence-corrected chi connectivity index (χ2v) is 6.07. The highest BCUT2D eigenvalue weighted by molar-refractivity contribution is 4.99. The molecule has 0 radical (unpaired) electrons. The number of nitrogens with one attached hydrogen (secondary N) is 1. The zero-order valence-electron chi connectivity index (χ0n) is 11.7. The Morgan fingerprint density at radius 1 is 1.26 bits per heavy atom. The maximum Gasteiger partial charge on any atom is 0.133 e. The summed E-state index contributed by atoms with van der Waals surface area (Å²) in [5.74, 6) is 2.83. The van der Waals surface area contributed by atoms with Gasteiger partial charge in [-0.05, 0) is 44.9 Å². The third kappa shape index (κ3) is 2.82. The Bertz CT molecular complexity index is 419. The number of aryl methyl sites for hydroxylation is 1. The van der Waals surface area contributed by atoms with Crippen LogP contribution in [-0.2, 0) is 13.0 Å². The van der Waals surface area contributed by atoms with Gasteiger partial charge in [-0.15, -0.1) is 10.2 Å². The first-order valence-corrected chi connectivity index (χ1v) is 7.52. The fourth-order valence-corrected chi connectivity index (χ4v) is 3.70. The van der Waals surface area contributed by atoms with Gasteiger partial charge in [0, 0.05) is 31.7 Å². The van der Waals surface area contributed by atoms with Crippen molar-refractivity contribution in [1.29, 1.82) is 0 Å². The number of hydrogen-bond donors (Lipinski definition) is 2. The van der Waals surface area contributed by atoms with Crippen molar-refractivity contribution in [1.82, 2.24) is 20.1 Å². The Labute approximate surface area is 114 Å². The summed E-state index contributed by atoms with van der Waals surface area (Å²) in [6, 6.07) is 1.47. The molecule has 19 heavy (non-hydrogen) atoms. The summed E-state index contributed by atoms with van der Waals surface area (Å²) < 4.78 is 2.18. The first-order valence-electron chi connectivity index (χ1n) is 7.52. The van der Waals surface area contributed by atoms with Gasteiger partial charge in [0.05, 0.1) is 0 Å². The van der Waals surface area contributed by atoms with Crippen molar-refractivity contribution < 1.29 is 5.11 Å². The monoisotopic (exact) mass is 264 g/mol. The van der Waals surface area contributed by atoms with E-state index < -0.39 is 0 Å². The van der Waals surface area contributed by atoms with Crippen LogP contribution in [0.15, 0.2) is 0 Å². The van der Waals surface area contributed by atoms with Gasteiger partial charge in [-0.1, -0.05) is 0 Å². The Balaban J connectivity index is 1.66. The van der Waals surface area contributed by atoms with Gasteiger partial charge in [0.25, 0.3) is 0 Å². The molecule has 3 heterocycles. The standard InChI is InChI=1S/C14H24N4O/c1-10-16-17-14(18(10)5-2-6-19)9-11-7-12-3-4-13(8-11)15-12/h11-13,15,19H,2-9H2,1H3. The maximum atomic E-state index is 8.98. The van der Waals surface area contributed by atoms with Gasteiger partial charge in [-0.2, -0.15) is 0 Å². The lowest BCUT2D eigenvalue weighted by Gasteiger charge is -2.28. The molecule has 2 atom stereocenters. The Hall–Kier alpha value is -0.940. The highest BCUT2D eigenvalue weighted by Crippen LogP contribution is 2.32. The van der Waals surface area contributed by atoms with Crippen LogP contribution >= 0.6 is 0 Å². The van der Waals surface area contributed by atoms with Gasteiger partial charge < -0.3 is 15.0 Å². The topological polar surface area (TPSA) is 63.0 Å². The van der Waals surface area contributed by atoms with Gasteiger partial charge in [0.2, 0.25) is 0 Å². The van der Waals surface area contributed by atoms with Gasteiger partial charge in [-0.25, -0.2) is 0 Å². The lowest BCUT2D eigenvalue weighted by atomic mass is 9.89. The van der Waals surface area contributed by atoms with Crippen molar-refractivity contribution in [3.05, 3.63) is 11.6 Å². The lowest BCUT2D eigenvalue weighted by molar-refractivity contribution is 0.274. The first kappa shape index (κ1) is 13.1. The van der Waals surface area contributed by atoms with E-state index in [2.05, 4.69) is 20.1 Å². The molecular weight excluding hydrogens is 240 g/mol. The van der Waals surface area contributed by atoms with Crippen molar-refractivity contribution in [2.75, 3.05) is 6.61 Å². The van der Waals surface area contributed by atoms with E-state index in [1.807, 2.05) is 6.92 Å². The zero-order chi connectivity index (χ0) is 13.2. The molecule has 106 valence electrons. The summed E-state index contributed by atoms with van der Waals surface area (Å²) in [6.45, 7) is 3.07. The van der Waals surface area contributed by atoms with Crippen LogP contribution in [-0.4, -0.2) is 38.6 Å². The number of hydrogen-bond acceptors (Lipinski definition) is 4. The zero-order valence-corrected chi connectivity index (χ0v) is 11.7. The molecular formula is C14H24N4O. The highest BCUT2D eigenvalue weighted by Gasteiger charge is 2.34. The molecule has 0 aromatic carbocycles. The minimum absolute atomic E-state index is 0.231. The highest BCUT2D eigenvalue weighted by atomic mass is 16.3. The molecule has 2 aliphatic heterocycles. The summed E-state index contributed by atoms with van der Waals surface area (Å²) in [5, 5.41) is 21.2. The SMILES string of the molecule is Cc1nnc(CC2CC3CCC(C2)N3)n1CCCO. The summed E-state index contributed by atoms with van der Waals surface area (Å²) in [4.78, 5) is 0. The molecule has 2 bridgehead atoms. The van der Waals surface area contributed by atoms with Gasteiger partial charge >= 0.3 is 0 Å². The van der Waals surface area contributed by atoms with Crippen LogP contribution in [0.4, 0.5) is 0 Å². The molecule has 2 fully saturated rings. The van der Waals surface area contributed by atoms with Crippen molar-refractivity contribution in [3.8, 4) is 0 Å². The van der Waals surface area contributed by atoms with Crippen LogP contribution in [0.5, 0.6) is 0 Å². The Kier molecular flexibility index (Phi) is 3.84. The number of aromatic nitrogens is 3. The lowest BCUT2D eigenvalue weighted by Crippen LogP contribution is -2.38. The van der Waals surface area contributed by atoms with E-state index in [9.17, 15) is 0 Å². The maximum absolute atomic E-state index is 8.98. The largest absolute Gasteiger partial charge is 0.396 e. The third-order valence-corrected chi connectivity index (χ3v) is 4.59. The van der Waals surface area contributed by atoms with E-state index in [4.69, 9.17) is 5.11 Å². The smallest absolute Gasteiger partial charge is 0.133 e. The molecule has 0 saturated carbocycles. The van der Waals surface area contributed by atoms with Crippen molar-refractivity contribution in [3.63, 3.8) is 0 Å². The average Bonchev–Trinajstić information content (AvgIpc) is 2.91. The van der Waals surface area contributed by atoms with Crippen LogP contribution < -0.4 is 5.32 Å². The van der Waals surface area contributed by atoms with E-state index in [1.165, 1.54) is 25.7 Å². The quantitative estimate of drug-likeness (QED) is 0.834. The van der Waals surface area contributed by atoms with Gasteiger partial charge in [0.15, 0.2) is 0 Å². The number of nitrogens with zero attached hydrogens (tertiary/aromatic N) is 3. The molecule has 3 rings (SSSR count). The Morgan fingerprint density at radius 3 is 2.68 bits per heavy atom. The molecule has 0 spiro atoms. The summed E-state index contributed by atoms with van der Waals surface area (Å²) in [7, 11) is 0. The van der Waals surface area contributed by atoms with Crippen LogP contribution in [0.1, 0.15) is 43.8 Å². The molecule has 0 amide bonds. The van der Waals surface area contributed by atoms with Crippen LogP contribution in [0.3, 0.4) is 0 Å². The number of aliphatic hydroxyl groups excluding tert-OH is 1. The molecule has 1 aromatic heterocycles. The number of rotatable bonds is 5. The summed E-state index contributed by atoms with van der Waals surface area (Å²) >= 11 is 0. The van der Waals surface area contributed by atoms with Crippen molar-refractivity contribution in [2.24, 2.45) is 5.92 Å². The molecule has 2 saturated heterocycles. The van der Waals surface area contributed by atoms with Gasteiger partial charge in [0.1, 0.15) is 11.6 Å². The number of aliphatic hydroxyl groups is 1. The first-order chi connectivity index (χ1) is 9.26. The third-order valence-electron chi connectivity index (χ3n) is 4.59. The Morgan fingerprint density at radius 2 is 2.00 bits per heavy atom. The molecule has 2 N–H and O–H groups in total. The van der Waals surface area contributed by atoms with Crippen molar-refractivity contribution >= 4 is 0 Å². The molecule has 1 aromatic rings. The second kappa shape index (κ2) is 5.59. The normalized spacial score (nSPS) is 29.9. The van der Waals surface area contributed by atoms with Crippen molar-refractivity contribution in [2.45, 2.75) is 64.1 Å². The van der Waals surface area contributed by atoms with Crippen LogP contribution in [0.2, 0.25) is 0 Å². The summed E-state index contributed by atoms with van der Waals surface area (Å²) in [5.41, 5.74) is 0. The fourth-order valence-electron chi connectivity index (χ4n) is 3.70. The van der Waals surface area contributed by atoms with E-state index in [0.29, 0.717) is 0 Å². The predicted octanol–water partition coefficient (Wildman–Crippen LogP) is 1.04. The molecule has 2 unspecified atom stereocenters. The molecule has 2 aliphatic rings.